The van der Waals surface area contributed by atoms with Crippen molar-refractivity contribution in [3.8, 4) is 17.1 Å². The second-order valence-corrected chi connectivity index (χ2v) is 13.0. The summed E-state index contributed by atoms with van der Waals surface area (Å²) in [6.45, 7) is 3.05. The van der Waals surface area contributed by atoms with Gasteiger partial charge in [0.2, 0.25) is 0 Å². The SMILES string of the molecule is Nc1nc2c(-c3c(Cl)cc4c(N5C6CNCC5C6)nc(OC[C@@]56CCCN5C[C@H](F)C6)nc4c3F)ccc(F)c2s1. The van der Waals surface area contributed by atoms with Crippen LogP contribution in [0.2, 0.25) is 5.02 Å². The zero-order valence-corrected chi connectivity index (χ0v) is 23.5. The number of nitrogens with one attached hydrogen (secondary N) is 1. The Hall–Kier alpha value is -2.93. The topological polar surface area (TPSA) is 92.4 Å². The smallest absolute Gasteiger partial charge is 0.319 e. The number of anilines is 2. The molecule has 4 aliphatic heterocycles. The molecule has 4 aromatic rings. The first kappa shape index (κ1) is 25.8. The van der Waals surface area contributed by atoms with Crippen LogP contribution in [0.3, 0.4) is 0 Å². The van der Waals surface area contributed by atoms with Crippen LogP contribution in [-0.4, -0.2) is 76.4 Å². The number of nitrogens with two attached hydrogens (primary N) is 1. The number of nitrogens with zero attached hydrogens (tertiary/aromatic N) is 5. The van der Waals surface area contributed by atoms with Gasteiger partial charge >= 0.3 is 6.01 Å². The number of piperazine rings is 1. The lowest BCUT2D eigenvalue weighted by Crippen LogP contribution is -2.68. The molecular formula is C28H27ClF3N7OS. The highest BCUT2D eigenvalue weighted by Gasteiger charge is 2.49. The number of fused-ring (bicyclic) bond motifs is 5. The highest BCUT2D eigenvalue weighted by atomic mass is 35.5. The predicted molar refractivity (Wildman–Crippen MR) is 154 cm³/mol. The van der Waals surface area contributed by atoms with E-state index < -0.39 is 23.3 Å². The van der Waals surface area contributed by atoms with Crippen molar-refractivity contribution < 1.29 is 17.9 Å². The van der Waals surface area contributed by atoms with Crippen molar-refractivity contribution in [3.63, 3.8) is 0 Å². The van der Waals surface area contributed by atoms with Gasteiger partial charge in [-0.05, 0) is 44.0 Å². The Bertz CT molecular complexity index is 1710. The van der Waals surface area contributed by atoms with Gasteiger partial charge in [0.05, 0.1) is 20.8 Å². The van der Waals surface area contributed by atoms with E-state index in [1.807, 2.05) is 0 Å². The van der Waals surface area contributed by atoms with Crippen LogP contribution in [0.25, 0.3) is 32.2 Å². The normalized spacial score (nSPS) is 27.5. The van der Waals surface area contributed by atoms with Crippen LogP contribution in [0.5, 0.6) is 6.01 Å². The highest BCUT2D eigenvalue weighted by Crippen LogP contribution is 2.45. The molecule has 13 heteroatoms. The predicted octanol–water partition coefficient (Wildman–Crippen LogP) is 4.93. The zero-order chi connectivity index (χ0) is 28.0. The molecule has 214 valence electrons. The van der Waals surface area contributed by atoms with Crippen molar-refractivity contribution in [2.45, 2.75) is 49.5 Å². The van der Waals surface area contributed by atoms with Crippen molar-refractivity contribution in [2.24, 2.45) is 0 Å². The average molecular weight is 602 g/mol. The van der Waals surface area contributed by atoms with Crippen LogP contribution in [0.4, 0.5) is 24.1 Å². The first-order chi connectivity index (χ1) is 19.8. The van der Waals surface area contributed by atoms with Crippen molar-refractivity contribution >= 4 is 55.0 Å². The van der Waals surface area contributed by atoms with Crippen LogP contribution in [-0.2, 0) is 0 Å². The van der Waals surface area contributed by atoms with Gasteiger partial charge in [-0.1, -0.05) is 22.9 Å². The second kappa shape index (κ2) is 9.29. The van der Waals surface area contributed by atoms with Gasteiger partial charge in [0.25, 0.3) is 0 Å². The molecule has 0 radical (unpaired) electrons. The van der Waals surface area contributed by atoms with Gasteiger partial charge in [0.1, 0.15) is 29.9 Å². The molecule has 2 bridgehead atoms. The van der Waals surface area contributed by atoms with Crippen molar-refractivity contribution in [1.82, 2.24) is 25.2 Å². The minimum atomic E-state index is -0.894. The van der Waals surface area contributed by atoms with Gasteiger partial charge in [-0.3, -0.25) is 4.90 Å². The van der Waals surface area contributed by atoms with Crippen LogP contribution < -0.4 is 20.7 Å². The van der Waals surface area contributed by atoms with Crippen LogP contribution in [0.15, 0.2) is 18.2 Å². The van der Waals surface area contributed by atoms with E-state index in [4.69, 9.17) is 27.1 Å². The van der Waals surface area contributed by atoms with Gasteiger partial charge < -0.3 is 20.7 Å². The molecule has 0 amide bonds. The lowest BCUT2D eigenvalue weighted by molar-refractivity contribution is 0.107. The number of alkyl halides is 1. The Morgan fingerprint density at radius 3 is 2.80 bits per heavy atom. The summed E-state index contributed by atoms with van der Waals surface area (Å²) < 4.78 is 52.0. The number of nitrogen functional groups attached to an aromatic ring is 1. The number of thiazole rings is 1. The highest BCUT2D eigenvalue weighted by molar-refractivity contribution is 7.22. The summed E-state index contributed by atoms with van der Waals surface area (Å²) >= 11 is 7.76. The summed E-state index contributed by atoms with van der Waals surface area (Å²) in [6, 6.07) is 4.85. The maximum absolute atomic E-state index is 16.6. The summed E-state index contributed by atoms with van der Waals surface area (Å²) in [5, 5.41) is 4.19. The van der Waals surface area contributed by atoms with E-state index >= 15 is 4.39 Å². The fourth-order valence-corrected chi connectivity index (χ4v) is 8.39. The van der Waals surface area contributed by atoms with E-state index in [-0.39, 0.29) is 56.2 Å². The summed E-state index contributed by atoms with van der Waals surface area (Å²) in [4.78, 5) is 18.0. The van der Waals surface area contributed by atoms with E-state index in [0.29, 0.717) is 29.7 Å². The molecule has 4 fully saturated rings. The number of hydrogen-bond donors (Lipinski definition) is 2. The van der Waals surface area contributed by atoms with Crippen LogP contribution in [0, 0.1) is 11.6 Å². The van der Waals surface area contributed by atoms with Crippen LogP contribution >= 0.6 is 22.9 Å². The van der Waals surface area contributed by atoms with E-state index in [0.717, 1.165) is 50.2 Å². The molecule has 2 unspecified atom stereocenters. The maximum atomic E-state index is 16.6. The Kier molecular flexibility index (Phi) is 5.83. The summed E-state index contributed by atoms with van der Waals surface area (Å²) in [5.74, 6) is -0.594. The molecule has 4 saturated heterocycles. The van der Waals surface area contributed by atoms with Gasteiger partial charge in [-0.25, -0.2) is 18.2 Å². The van der Waals surface area contributed by atoms with E-state index in [2.05, 4.69) is 25.1 Å². The Labute approximate surface area is 242 Å². The Morgan fingerprint density at radius 1 is 1.17 bits per heavy atom. The monoisotopic (exact) mass is 601 g/mol. The van der Waals surface area contributed by atoms with E-state index in [1.165, 1.54) is 12.1 Å². The van der Waals surface area contributed by atoms with Crippen molar-refractivity contribution in [1.29, 1.82) is 0 Å². The molecule has 3 N–H and O–H groups in total. The third-order valence-corrected chi connectivity index (χ3v) is 10.4. The van der Waals surface area contributed by atoms with Crippen LogP contribution in [0.1, 0.15) is 25.7 Å². The maximum Gasteiger partial charge on any atom is 0.319 e. The third-order valence-electron chi connectivity index (χ3n) is 9.19. The molecule has 8 rings (SSSR count). The Balaban J connectivity index is 1.27. The molecule has 6 heterocycles. The number of piperidine rings is 1. The molecule has 0 saturated carbocycles. The minimum absolute atomic E-state index is 0.0447. The second-order valence-electron chi connectivity index (χ2n) is 11.6. The number of halogens is 4. The van der Waals surface area contributed by atoms with E-state index in [9.17, 15) is 8.78 Å². The molecule has 4 atom stereocenters. The lowest BCUT2D eigenvalue weighted by atomic mass is 9.88. The first-order valence-electron chi connectivity index (χ1n) is 13.9. The molecular weight excluding hydrogens is 575 g/mol. The lowest BCUT2D eigenvalue weighted by Gasteiger charge is -2.54. The Morgan fingerprint density at radius 2 is 2.00 bits per heavy atom. The molecule has 2 aromatic carbocycles. The molecule has 4 aliphatic rings. The minimum Gasteiger partial charge on any atom is -0.461 e. The quantitative estimate of drug-likeness (QED) is 0.333. The van der Waals surface area contributed by atoms with Crippen molar-refractivity contribution in [3.05, 3.63) is 34.9 Å². The first-order valence-corrected chi connectivity index (χ1v) is 15.1. The largest absolute Gasteiger partial charge is 0.461 e. The third kappa shape index (κ3) is 3.90. The average Bonchev–Trinajstić information content (AvgIpc) is 3.61. The molecule has 41 heavy (non-hydrogen) atoms. The standard InChI is InChI=1S/C28H27ClF3N7OS/c29-18-7-17-22(21(32)20(18)16-2-3-19(31)24-23(16)35-26(33)41-24)36-27(37-25(17)39-14-6-15(39)10-34-9-14)40-12-28-4-1-5-38(28)11-13(30)8-28/h2-3,7,13-15,34H,1,4-6,8-12H2,(H2,33,35)/t13-,14?,15?,28+/m1/s1. The fraction of sp³-hybridized carbons (Fsp3) is 0.464. The van der Waals surface area contributed by atoms with Gasteiger partial charge in [0.15, 0.2) is 10.9 Å². The molecule has 0 aliphatic carbocycles. The summed E-state index contributed by atoms with van der Waals surface area (Å²) in [7, 11) is 0. The number of benzene rings is 2. The number of hydrogen-bond acceptors (Lipinski definition) is 9. The summed E-state index contributed by atoms with van der Waals surface area (Å²) in [5.41, 5.74) is 6.16. The zero-order valence-electron chi connectivity index (χ0n) is 22.0. The number of aromatic nitrogens is 3. The molecule has 0 spiro atoms. The van der Waals surface area contributed by atoms with E-state index in [1.54, 1.807) is 6.07 Å². The number of rotatable bonds is 5. The van der Waals surface area contributed by atoms with Gasteiger partial charge in [-0.2, -0.15) is 9.97 Å². The van der Waals surface area contributed by atoms with Gasteiger partial charge in [-0.15, -0.1) is 0 Å². The molecule has 8 nitrogen and oxygen atoms in total. The van der Waals surface area contributed by atoms with Crippen molar-refractivity contribution in [2.75, 3.05) is 43.4 Å². The fourth-order valence-electron chi connectivity index (χ4n) is 7.34. The molecule has 2 aromatic heterocycles. The van der Waals surface area contributed by atoms with Gasteiger partial charge in [0, 0.05) is 54.7 Å². The number of ether oxygens (including phenoxy) is 1. The summed E-state index contributed by atoms with van der Waals surface area (Å²) in [6.07, 6.45) is 2.34.